The van der Waals surface area contributed by atoms with Crippen molar-refractivity contribution >= 4 is 22.9 Å². The van der Waals surface area contributed by atoms with Crippen LogP contribution < -0.4 is 4.74 Å². The zero-order valence-electron chi connectivity index (χ0n) is 16.2. The Labute approximate surface area is 168 Å². The van der Waals surface area contributed by atoms with E-state index in [0.29, 0.717) is 35.5 Å². The fraction of sp³-hybridized carbons (Fsp3) is 0.348. The number of ether oxygens (including phenoxy) is 1. The molecule has 5 nitrogen and oxygen atoms in total. The molecule has 1 N–H and O–H groups in total. The van der Waals surface area contributed by atoms with E-state index in [9.17, 15) is 9.18 Å². The average Bonchev–Trinajstić information content (AvgIpc) is 3.28. The van der Waals surface area contributed by atoms with Gasteiger partial charge in [-0.15, -0.1) is 0 Å². The predicted octanol–water partition coefficient (Wildman–Crippen LogP) is 4.95. The molecule has 1 aromatic carbocycles. The van der Waals surface area contributed by atoms with Gasteiger partial charge in [0.2, 0.25) is 5.78 Å². The average molecular weight is 391 g/mol. The summed E-state index contributed by atoms with van der Waals surface area (Å²) in [5, 5.41) is 7.94. The molecule has 1 saturated carbocycles. The molecule has 148 valence electrons. The Hall–Kier alpha value is -3.02. The number of aromatic nitrogens is 3. The van der Waals surface area contributed by atoms with Gasteiger partial charge in [-0.1, -0.05) is 18.9 Å². The van der Waals surface area contributed by atoms with Gasteiger partial charge in [-0.3, -0.25) is 9.89 Å². The van der Waals surface area contributed by atoms with Gasteiger partial charge in [-0.25, -0.2) is 9.37 Å². The molecule has 3 aromatic rings. The van der Waals surface area contributed by atoms with Crippen LogP contribution in [-0.4, -0.2) is 27.1 Å². The molecule has 2 aromatic heterocycles. The van der Waals surface area contributed by atoms with Crippen molar-refractivity contribution < 1.29 is 13.9 Å². The minimum atomic E-state index is -0.783. The number of alkyl halides is 1. The quantitative estimate of drug-likeness (QED) is 0.641. The van der Waals surface area contributed by atoms with Crippen LogP contribution in [-0.2, 0) is 6.42 Å². The number of H-pyrrole nitrogens is 1. The normalized spacial score (nSPS) is 22.8. The summed E-state index contributed by atoms with van der Waals surface area (Å²) in [5.41, 5.74) is 3.79. The van der Waals surface area contributed by atoms with Crippen LogP contribution in [0.3, 0.4) is 0 Å². The number of allylic oxidation sites excluding steroid dienone is 1. The van der Waals surface area contributed by atoms with Crippen molar-refractivity contribution in [3.05, 3.63) is 58.6 Å². The highest BCUT2D eigenvalue weighted by Gasteiger charge is 2.33. The summed E-state index contributed by atoms with van der Waals surface area (Å²) in [6.45, 7) is 1.99. The number of nitrogens with one attached hydrogen (secondary N) is 1. The lowest BCUT2D eigenvalue weighted by Crippen LogP contribution is -2.23. The molecule has 2 aliphatic rings. The number of rotatable bonds is 3. The number of benzene rings is 1. The highest BCUT2D eigenvalue weighted by Crippen LogP contribution is 2.40. The molecular weight excluding hydrogens is 369 g/mol. The summed E-state index contributed by atoms with van der Waals surface area (Å²) < 4.78 is 20.5. The molecule has 0 bridgehead atoms. The summed E-state index contributed by atoms with van der Waals surface area (Å²) in [6, 6.07) is 7.45. The first-order valence-electron chi connectivity index (χ1n) is 10.1. The van der Waals surface area contributed by atoms with Crippen molar-refractivity contribution in [2.24, 2.45) is 5.92 Å². The van der Waals surface area contributed by atoms with E-state index < -0.39 is 6.17 Å². The lowest BCUT2D eigenvalue weighted by atomic mass is 9.82. The van der Waals surface area contributed by atoms with E-state index in [1.54, 1.807) is 18.3 Å². The van der Waals surface area contributed by atoms with Crippen molar-refractivity contribution in [2.45, 2.75) is 45.2 Å². The van der Waals surface area contributed by atoms with Crippen molar-refractivity contribution in [3.63, 3.8) is 0 Å². The number of carbonyl (C=O) groups is 1. The van der Waals surface area contributed by atoms with Gasteiger partial charge < -0.3 is 4.74 Å². The molecule has 1 unspecified atom stereocenters. The summed E-state index contributed by atoms with van der Waals surface area (Å²) in [6.07, 6.45) is 6.68. The van der Waals surface area contributed by atoms with Crippen molar-refractivity contribution in [1.29, 1.82) is 0 Å². The van der Waals surface area contributed by atoms with Gasteiger partial charge in [-0.05, 0) is 61.4 Å². The predicted molar refractivity (Wildman–Crippen MR) is 109 cm³/mol. The highest BCUT2D eigenvalue weighted by molar-refractivity contribution is 6.15. The zero-order valence-corrected chi connectivity index (χ0v) is 16.2. The smallest absolute Gasteiger partial charge is 0.232 e. The number of Topliss-reactive ketones (excluding diaryl/α,β-unsaturated/α-hetero) is 1. The van der Waals surface area contributed by atoms with Crippen LogP contribution >= 0.6 is 0 Å². The number of ketones is 1. The van der Waals surface area contributed by atoms with Crippen LogP contribution in [0.15, 0.2) is 36.2 Å². The van der Waals surface area contributed by atoms with E-state index >= 15 is 0 Å². The Balaban J connectivity index is 1.50. The minimum Gasteiger partial charge on any atom is -0.452 e. The Kier molecular flexibility index (Phi) is 4.42. The summed E-state index contributed by atoms with van der Waals surface area (Å²) in [7, 11) is 0. The molecule has 0 spiro atoms. The third-order valence-electron chi connectivity index (χ3n) is 6.09. The van der Waals surface area contributed by atoms with E-state index in [1.165, 1.54) is 0 Å². The maximum absolute atomic E-state index is 14.4. The standard InChI is InChI=1S/C23H22FN3O2/c1-13-8-9-16-21(28)20(12-19-15-6-4-10-25-23(15)27-26-19)29-22(16)17(13)11-14-5-2-3-7-18(14)24/h4,6,8-10,12,14,18H,2-3,5,7,11H2,1H3,(H,25,26,27)/b20-12-/t14?,18-/m0/s1. The van der Waals surface area contributed by atoms with E-state index in [-0.39, 0.29) is 17.5 Å². The number of hydrogen-bond acceptors (Lipinski definition) is 4. The number of pyridine rings is 1. The third-order valence-corrected chi connectivity index (χ3v) is 6.09. The van der Waals surface area contributed by atoms with Crippen molar-refractivity contribution in [1.82, 2.24) is 15.2 Å². The number of carbonyl (C=O) groups excluding carboxylic acids is 1. The molecule has 1 aliphatic heterocycles. The highest BCUT2D eigenvalue weighted by atomic mass is 19.1. The van der Waals surface area contributed by atoms with Crippen LogP contribution in [0, 0.1) is 12.8 Å². The molecule has 0 radical (unpaired) electrons. The van der Waals surface area contributed by atoms with Gasteiger partial charge in [0.05, 0.1) is 11.3 Å². The minimum absolute atomic E-state index is 0.0120. The Morgan fingerprint density at radius 3 is 3.00 bits per heavy atom. The molecule has 3 heterocycles. The van der Waals surface area contributed by atoms with Crippen LogP contribution in [0.5, 0.6) is 5.75 Å². The largest absolute Gasteiger partial charge is 0.452 e. The summed E-state index contributed by atoms with van der Waals surface area (Å²) >= 11 is 0. The van der Waals surface area contributed by atoms with Crippen LogP contribution in [0.1, 0.15) is 52.9 Å². The number of aromatic amines is 1. The first kappa shape index (κ1) is 18.0. The molecule has 1 fully saturated rings. The second kappa shape index (κ2) is 7.10. The zero-order chi connectivity index (χ0) is 20.0. The van der Waals surface area contributed by atoms with Crippen LogP contribution in [0.2, 0.25) is 0 Å². The molecule has 5 rings (SSSR count). The van der Waals surface area contributed by atoms with Crippen molar-refractivity contribution in [3.8, 4) is 5.75 Å². The summed E-state index contributed by atoms with van der Waals surface area (Å²) in [5.74, 6) is 0.644. The monoisotopic (exact) mass is 391 g/mol. The number of halogens is 1. The third kappa shape index (κ3) is 3.12. The topological polar surface area (TPSA) is 67.9 Å². The van der Waals surface area contributed by atoms with Crippen LogP contribution in [0.25, 0.3) is 17.1 Å². The molecular formula is C23H22FN3O2. The lowest BCUT2D eigenvalue weighted by molar-refractivity contribution is 0.101. The maximum Gasteiger partial charge on any atom is 0.232 e. The van der Waals surface area contributed by atoms with Gasteiger partial charge in [0.25, 0.3) is 0 Å². The fourth-order valence-corrected chi connectivity index (χ4v) is 4.42. The lowest BCUT2D eigenvalue weighted by Gasteiger charge is -2.26. The Bertz CT molecular complexity index is 1130. The molecule has 29 heavy (non-hydrogen) atoms. The fourth-order valence-electron chi connectivity index (χ4n) is 4.42. The van der Waals surface area contributed by atoms with E-state index in [1.807, 2.05) is 25.1 Å². The van der Waals surface area contributed by atoms with Gasteiger partial charge in [-0.2, -0.15) is 5.10 Å². The SMILES string of the molecule is Cc1ccc2c(c1CC1CCCC[C@@H]1F)O/C(=C\c1n[nH]c3ncccc13)C2=O. The second-order valence-corrected chi connectivity index (χ2v) is 7.95. The molecule has 1 aliphatic carbocycles. The first-order chi connectivity index (χ1) is 14.1. The Morgan fingerprint density at radius 1 is 1.28 bits per heavy atom. The van der Waals surface area contributed by atoms with Gasteiger partial charge in [0.15, 0.2) is 11.4 Å². The Morgan fingerprint density at radius 2 is 2.14 bits per heavy atom. The number of nitrogens with zero attached hydrogens (tertiary/aromatic N) is 2. The second-order valence-electron chi connectivity index (χ2n) is 7.95. The molecule has 0 amide bonds. The molecule has 6 heteroatoms. The molecule has 0 saturated heterocycles. The van der Waals surface area contributed by atoms with E-state index in [2.05, 4.69) is 15.2 Å². The van der Waals surface area contributed by atoms with E-state index in [0.717, 1.165) is 35.8 Å². The van der Waals surface area contributed by atoms with Gasteiger partial charge in [0.1, 0.15) is 11.9 Å². The maximum atomic E-state index is 14.4. The van der Waals surface area contributed by atoms with Gasteiger partial charge >= 0.3 is 0 Å². The van der Waals surface area contributed by atoms with Crippen LogP contribution in [0.4, 0.5) is 4.39 Å². The molecule has 2 atom stereocenters. The van der Waals surface area contributed by atoms with E-state index in [4.69, 9.17) is 4.74 Å². The van der Waals surface area contributed by atoms with Gasteiger partial charge in [0, 0.05) is 17.7 Å². The number of aryl methyl sites for hydroxylation is 1. The number of hydrogen-bond donors (Lipinski definition) is 1. The summed E-state index contributed by atoms with van der Waals surface area (Å²) in [4.78, 5) is 17.2. The first-order valence-corrected chi connectivity index (χ1v) is 10.1. The van der Waals surface area contributed by atoms with Crippen molar-refractivity contribution in [2.75, 3.05) is 0 Å². The number of fused-ring (bicyclic) bond motifs is 2.